The first-order valence-electron chi connectivity index (χ1n) is 6.11. The lowest BCUT2D eigenvalue weighted by molar-refractivity contribution is 0.0440. The van der Waals surface area contributed by atoms with E-state index in [9.17, 15) is 13.2 Å². The Hall–Kier alpha value is -1.90. The molecule has 0 unspecified atom stereocenters. The van der Waals surface area contributed by atoms with Crippen LogP contribution in [0.15, 0.2) is 40.0 Å². The third-order valence-electron chi connectivity index (χ3n) is 2.70. The number of nitrogens with zero attached hydrogens (tertiary/aromatic N) is 2. The average Bonchev–Trinajstić information content (AvgIpc) is 2.94. The fraction of sp³-hybridized carbons (Fsp3) is 0.231. The van der Waals surface area contributed by atoms with Crippen molar-refractivity contribution in [3.05, 3.63) is 46.9 Å². The second-order valence-electron chi connectivity index (χ2n) is 4.43. The number of rotatable bonds is 5. The molecule has 0 saturated heterocycles. The predicted molar refractivity (Wildman–Crippen MR) is 77.9 cm³/mol. The summed E-state index contributed by atoms with van der Waals surface area (Å²) in [5.41, 5.74) is 0.122. The molecule has 0 aromatic carbocycles. The van der Waals surface area contributed by atoms with Gasteiger partial charge in [-0.25, -0.2) is 22.5 Å². The number of pyridine rings is 1. The molecule has 0 radical (unpaired) electrons. The highest BCUT2D eigenvalue weighted by Gasteiger charge is 2.22. The SMILES string of the molecule is CN(C)S(=O)(=O)c1ccc(COC(=O)c2cccnc2Cl)o1. The van der Waals surface area contributed by atoms with Gasteiger partial charge in [0.15, 0.2) is 0 Å². The Kier molecular flexibility index (Phi) is 4.84. The van der Waals surface area contributed by atoms with Crippen molar-refractivity contribution in [2.75, 3.05) is 14.1 Å². The first kappa shape index (κ1) is 16.5. The standard InChI is InChI=1S/C13H13ClN2O5S/c1-16(2)22(18,19)11-6-5-9(21-11)8-20-13(17)10-4-3-7-15-12(10)14/h3-7H,8H2,1-2H3. The van der Waals surface area contributed by atoms with Crippen LogP contribution >= 0.6 is 11.6 Å². The van der Waals surface area contributed by atoms with Crippen molar-refractivity contribution < 1.29 is 22.4 Å². The van der Waals surface area contributed by atoms with Gasteiger partial charge in [-0.2, -0.15) is 0 Å². The lowest BCUT2D eigenvalue weighted by Crippen LogP contribution is -2.21. The van der Waals surface area contributed by atoms with Gasteiger partial charge in [0.05, 0.1) is 5.56 Å². The Balaban J connectivity index is 2.06. The fourth-order valence-electron chi connectivity index (χ4n) is 1.51. The number of hydrogen-bond donors (Lipinski definition) is 0. The average molecular weight is 345 g/mol. The third kappa shape index (κ3) is 3.46. The van der Waals surface area contributed by atoms with Gasteiger partial charge in [-0.15, -0.1) is 0 Å². The van der Waals surface area contributed by atoms with Gasteiger partial charge in [0.2, 0.25) is 5.09 Å². The van der Waals surface area contributed by atoms with Crippen LogP contribution in [0.3, 0.4) is 0 Å². The van der Waals surface area contributed by atoms with E-state index in [1.165, 1.54) is 38.5 Å². The smallest absolute Gasteiger partial charge is 0.341 e. The third-order valence-corrected chi connectivity index (χ3v) is 4.69. The maximum atomic E-state index is 11.8. The second kappa shape index (κ2) is 6.47. The molecule has 0 aliphatic carbocycles. The molecule has 0 aliphatic heterocycles. The summed E-state index contributed by atoms with van der Waals surface area (Å²) >= 11 is 5.78. The Bertz CT molecular complexity index is 785. The van der Waals surface area contributed by atoms with E-state index in [1.54, 1.807) is 6.07 Å². The Morgan fingerprint density at radius 1 is 1.36 bits per heavy atom. The van der Waals surface area contributed by atoms with E-state index in [0.29, 0.717) is 0 Å². The molecular formula is C13H13ClN2O5S. The monoisotopic (exact) mass is 344 g/mol. The Morgan fingerprint density at radius 3 is 2.73 bits per heavy atom. The van der Waals surface area contributed by atoms with Crippen LogP contribution in [0.25, 0.3) is 0 Å². The van der Waals surface area contributed by atoms with Crippen LogP contribution in [0, 0.1) is 0 Å². The maximum Gasteiger partial charge on any atom is 0.341 e. The summed E-state index contributed by atoms with van der Waals surface area (Å²) in [5.74, 6) is -0.472. The number of esters is 1. The summed E-state index contributed by atoms with van der Waals surface area (Å²) in [6.45, 7) is -0.215. The van der Waals surface area contributed by atoms with Gasteiger partial charge in [-0.3, -0.25) is 0 Å². The van der Waals surface area contributed by atoms with Crippen LogP contribution in [0.5, 0.6) is 0 Å². The van der Waals surface area contributed by atoms with Gasteiger partial charge in [-0.1, -0.05) is 11.6 Å². The first-order chi connectivity index (χ1) is 10.3. The first-order valence-corrected chi connectivity index (χ1v) is 7.93. The van der Waals surface area contributed by atoms with E-state index in [-0.39, 0.29) is 28.2 Å². The zero-order valence-corrected chi connectivity index (χ0v) is 13.4. The molecule has 22 heavy (non-hydrogen) atoms. The van der Waals surface area contributed by atoms with Gasteiger partial charge in [0, 0.05) is 20.3 Å². The fourth-order valence-corrected chi connectivity index (χ4v) is 2.52. The number of hydrogen-bond acceptors (Lipinski definition) is 6. The van der Waals surface area contributed by atoms with Gasteiger partial charge < -0.3 is 9.15 Å². The van der Waals surface area contributed by atoms with Crippen LogP contribution in [0.4, 0.5) is 0 Å². The van der Waals surface area contributed by atoms with E-state index < -0.39 is 16.0 Å². The molecule has 118 valence electrons. The molecule has 2 aromatic heterocycles. The van der Waals surface area contributed by atoms with Crippen LogP contribution in [-0.4, -0.2) is 37.8 Å². The van der Waals surface area contributed by atoms with Crippen LogP contribution < -0.4 is 0 Å². The van der Waals surface area contributed by atoms with Gasteiger partial charge in [-0.05, 0) is 24.3 Å². The van der Waals surface area contributed by atoms with Crippen LogP contribution in [0.1, 0.15) is 16.1 Å². The number of aromatic nitrogens is 1. The molecule has 2 aromatic rings. The molecule has 0 N–H and O–H groups in total. The maximum absolute atomic E-state index is 11.8. The second-order valence-corrected chi connectivity index (χ2v) is 6.87. The highest BCUT2D eigenvalue weighted by molar-refractivity contribution is 7.88. The quantitative estimate of drug-likeness (QED) is 0.608. The van der Waals surface area contributed by atoms with Crippen molar-refractivity contribution in [3.63, 3.8) is 0 Å². The zero-order chi connectivity index (χ0) is 16.3. The van der Waals surface area contributed by atoms with E-state index in [0.717, 1.165) is 4.31 Å². The van der Waals surface area contributed by atoms with Crippen LogP contribution in [-0.2, 0) is 21.4 Å². The van der Waals surface area contributed by atoms with E-state index in [4.69, 9.17) is 20.8 Å². The summed E-state index contributed by atoms with van der Waals surface area (Å²) in [6.07, 6.45) is 1.45. The number of carbonyl (C=O) groups is 1. The van der Waals surface area contributed by atoms with Crippen molar-refractivity contribution in [2.45, 2.75) is 11.7 Å². The van der Waals surface area contributed by atoms with Crippen molar-refractivity contribution >= 4 is 27.6 Å². The Labute approximate surface area is 132 Å². The number of sulfonamides is 1. The zero-order valence-electron chi connectivity index (χ0n) is 11.8. The van der Waals surface area contributed by atoms with Crippen LogP contribution in [0.2, 0.25) is 5.15 Å². The summed E-state index contributed by atoms with van der Waals surface area (Å²) in [6, 6.07) is 5.75. The molecule has 0 saturated carbocycles. The molecule has 0 atom stereocenters. The minimum absolute atomic E-state index is 0.0304. The summed E-state index contributed by atoms with van der Waals surface area (Å²) in [4.78, 5) is 15.6. The van der Waals surface area contributed by atoms with Crippen molar-refractivity contribution in [1.82, 2.24) is 9.29 Å². The van der Waals surface area contributed by atoms with E-state index in [2.05, 4.69) is 4.98 Å². The molecule has 0 spiro atoms. The minimum Gasteiger partial charge on any atom is -0.454 e. The molecular weight excluding hydrogens is 332 g/mol. The van der Waals surface area contributed by atoms with Crippen molar-refractivity contribution in [1.29, 1.82) is 0 Å². The van der Waals surface area contributed by atoms with E-state index >= 15 is 0 Å². The summed E-state index contributed by atoms with van der Waals surface area (Å²) in [5, 5.41) is -0.189. The lowest BCUT2D eigenvalue weighted by Gasteiger charge is -2.08. The molecule has 0 bridgehead atoms. The molecule has 2 rings (SSSR count). The molecule has 0 aliphatic rings. The number of carbonyl (C=O) groups excluding carboxylic acids is 1. The predicted octanol–water partition coefficient (Wildman–Crippen LogP) is 1.94. The van der Waals surface area contributed by atoms with Crippen molar-refractivity contribution in [3.8, 4) is 0 Å². The summed E-state index contributed by atoms with van der Waals surface area (Å²) in [7, 11) is -0.877. The molecule has 7 nitrogen and oxygen atoms in total. The molecule has 9 heteroatoms. The van der Waals surface area contributed by atoms with Gasteiger partial charge >= 0.3 is 5.97 Å². The minimum atomic E-state index is -3.66. The highest BCUT2D eigenvalue weighted by atomic mass is 35.5. The van der Waals surface area contributed by atoms with E-state index in [1.807, 2.05) is 0 Å². The van der Waals surface area contributed by atoms with Gasteiger partial charge in [0.1, 0.15) is 17.5 Å². The number of ether oxygens (including phenoxy) is 1. The number of furan rings is 1. The van der Waals surface area contributed by atoms with Crippen molar-refractivity contribution in [2.24, 2.45) is 0 Å². The summed E-state index contributed by atoms with van der Waals surface area (Å²) < 4.78 is 34.9. The Morgan fingerprint density at radius 2 is 2.09 bits per heavy atom. The normalized spacial score (nSPS) is 11.6. The molecule has 2 heterocycles. The van der Waals surface area contributed by atoms with Gasteiger partial charge in [0.25, 0.3) is 10.0 Å². The largest absolute Gasteiger partial charge is 0.454 e. The number of halogens is 1. The topological polar surface area (TPSA) is 89.7 Å². The molecule has 0 amide bonds. The molecule has 0 fully saturated rings. The highest BCUT2D eigenvalue weighted by Crippen LogP contribution is 2.18. The lowest BCUT2D eigenvalue weighted by atomic mass is 10.3.